The van der Waals surface area contributed by atoms with E-state index in [1.807, 2.05) is 0 Å². The van der Waals surface area contributed by atoms with Gasteiger partial charge in [0.15, 0.2) is 0 Å². The van der Waals surface area contributed by atoms with Gasteiger partial charge in [-0.3, -0.25) is 15.0 Å². The molecular formula is H3NO6S. The van der Waals surface area contributed by atoms with Gasteiger partial charge in [-0.25, -0.2) is 0 Å². The highest BCUT2D eigenvalue weighted by molar-refractivity contribution is 7.80. The fraction of sp³-hybridized carbons (Fsp3) is 0. The molecule has 0 fully saturated rings. The van der Waals surface area contributed by atoms with Gasteiger partial charge in [-0.05, 0) is 0 Å². The summed E-state index contributed by atoms with van der Waals surface area (Å²) in [7, 11) is -4.80. The second-order valence-corrected chi connectivity index (χ2v) is 1.76. The van der Waals surface area contributed by atoms with Gasteiger partial charge in [0.25, 0.3) is 0 Å². The van der Waals surface area contributed by atoms with Crippen LogP contribution in [-0.4, -0.2) is 28.8 Å². The van der Waals surface area contributed by atoms with Crippen molar-refractivity contribution in [1.82, 2.24) is 5.39 Å². The van der Waals surface area contributed by atoms with E-state index in [9.17, 15) is 8.42 Å². The first-order chi connectivity index (χ1) is 3.42. The minimum Gasteiger partial charge on any atom is -0.265 e. The lowest BCUT2D eigenvalue weighted by molar-refractivity contribution is -0.452. The fourth-order valence-electron chi connectivity index (χ4n) is 0.0842. The summed E-state index contributed by atoms with van der Waals surface area (Å²) in [6.45, 7) is 0. The van der Waals surface area contributed by atoms with E-state index in [0.29, 0.717) is 0 Å². The van der Waals surface area contributed by atoms with Crippen LogP contribution in [0.25, 0.3) is 0 Å². The maximum atomic E-state index is 9.41. The number of hydrogen-bond donors (Lipinski definition) is 3. The normalized spacial score (nSPS) is 12.5. The summed E-state index contributed by atoms with van der Waals surface area (Å²) >= 11 is 0. The van der Waals surface area contributed by atoms with Crippen LogP contribution in [-0.2, 0) is 14.7 Å². The van der Waals surface area contributed by atoms with Crippen LogP contribution in [0.5, 0.6) is 0 Å². The van der Waals surface area contributed by atoms with Crippen LogP contribution >= 0.6 is 0 Å². The minimum absolute atomic E-state index is 1.13. The van der Waals surface area contributed by atoms with E-state index in [4.69, 9.17) is 15.0 Å². The summed E-state index contributed by atoms with van der Waals surface area (Å²) in [5.74, 6) is 0. The number of nitrogens with zero attached hydrogens (tertiary/aromatic N) is 1. The number of hydrogen-bond acceptors (Lipinski definition) is 6. The molecule has 7 nitrogen and oxygen atoms in total. The average molecular weight is 145 g/mol. The standard InChI is InChI=1S/H3NO6S/c2-1(3)7-8(4,5)6/h2-3H,(H,4,5,6). The Bertz CT molecular complexity index is 142. The molecule has 0 aromatic carbocycles. The van der Waals surface area contributed by atoms with Gasteiger partial charge >= 0.3 is 10.4 Å². The van der Waals surface area contributed by atoms with Crippen molar-refractivity contribution in [2.24, 2.45) is 0 Å². The molecule has 50 valence electrons. The highest BCUT2D eigenvalue weighted by atomic mass is 32.3. The maximum absolute atomic E-state index is 9.41. The van der Waals surface area contributed by atoms with Gasteiger partial charge in [-0.2, -0.15) is 8.42 Å². The highest BCUT2D eigenvalue weighted by Crippen LogP contribution is 1.85. The number of rotatable bonds is 2. The SMILES string of the molecule is O=S(=O)(O)ON(O)O. The Balaban J connectivity index is 3.75. The van der Waals surface area contributed by atoms with Crippen molar-refractivity contribution in [3.8, 4) is 0 Å². The molecule has 0 spiro atoms. The molecule has 8 heteroatoms. The molecule has 0 aliphatic heterocycles. The predicted octanol–water partition coefficient (Wildman–Crippen LogP) is -1.20. The van der Waals surface area contributed by atoms with Gasteiger partial charge in [0, 0.05) is 0 Å². The fourth-order valence-corrected chi connectivity index (χ4v) is 0.253. The molecule has 0 aromatic rings. The van der Waals surface area contributed by atoms with Crippen molar-refractivity contribution >= 4 is 10.4 Å². The molecule has 0 saturated heterocycles. The van der Waals surface area contributed by atoms with Crippen LogP contribution in [0.4, 0.5) is 0 Å². The van der Waals surface area contributed by atoms with E-state index in [-0.39, 0.29) is 0 Å². The highest BCUT2D eigenvalue weighted by Gasteiger charge is 2.07. The van der Waals surface area contributed by atoms with Crippen molar-refractivity contribution in [2.45, 2.75) is 0 Å². The van der Waals surface area contributed by atoms with Crippen molar-refractivity contribution in [3.05, 3.63) is 0 Å². The Hall–Kier alpha value is -0.250. The van der Waals surface area contributed by atoms with E-state index in [1.54, 1.807) is 0 Å². The topological polar surface area (TPSA) is 107 Å². The van der Waals surface area contributed by atoms with Crippen LogP contribution in [0.15, 0.2) is 0 Å². The van der Waals surface area contributed by atoms with E-state index >= 15 is 0 Å². The van der Waals surface area contributed by atoms with Crippen molar-refractivity contribution in [2.75, 3.05) is 0 Å². The molecule has 8 heavy (non-hydrogen) atoms. The molecule has 0 bridgehead atoms. The molecule has 0 radical (unpaired) electrons. The molecule has 0 unspecified atom stereocenters. The molecule has 0 rings (SSSR count). The Morgan fingerprint density at radius 1 is 1.38 bits per heavy atom. The summed E-state index contributed by atoms with van der Waals surface area (Å²) in [4.78, 5) is 0. The molecule has 3 N–H and O–H groups in total. The third-order valence-corrected chi connectivity index (χ3v) is 0.483. The Morgan fingerprint density at radius 2 is 1.75 bits per heavy atom. The molecule has 0 aliphatic rings. The third-order valence-electron chi connectivity index (χ3n) is 0.161. The second-order valence-electron chi connectivity index (χ2n) is 0.755. The van der Waals surface area contributed by atoms with Gasteiger partial charge in [-0.1, -0.05) is 0 Å². The summed E-state index contributed by atoms with van der Waals surface area (Å²) < 4.78 is 29.3. The average Bonchev–Trinajstić information content (AvgIpc) is 1.21. The first kappa shape index (κ1) is 7.75. The molecule has 0 atom stereocenters. The van der Waals surface area contributed by atoms with E-state index < -0.39 is 15.8 Å². The minimum atomic E-state index is -4.80. The van der Waals surface area contributed by atoms with Gasteiger partial charge in [0.2, 0.25) is 0 Å². The maximum Gasteiger partial charge on any atom is 0.417 e. The Morgan fingerprint density at radius 3 is 1.75 bits per heavy atom. The summed E-state index contributed by atoms with van der Waals surface area (Å²) in [6, 6.07) is 0. The molecule has 0 saturated carbocycles. The van der Waals surface area contributed by atoms with E-state index in [2.05, 4.69) is 4.28 Å². The Kier molecular flexibility index (Phi) is 2.27. The zero-order valence-electron chi connectivity index (χ0n) is 3.42. The molecular weight excluding hydrogens is 142 g/mol. The van der Waals surface area contributed by atoms with E-state index in [1.165, 1.54) is 0 Å². The van der Waals surface area contributed by atoms with Crippen molar-refractivity contribution in [1.29, 1.82) is 0 Å². The Labute approximate surface area is 44.5 Å². The lowest BCUT2D eigenvalue weighted by Gasteiger charge is -1.98. The largest absolute Gasteiger partial charge is 0.417 e. The zero-order valence-corrected chi connectivity index (χ0v) is 4.24. The van der Waals surface area contributed by atoms with Gasteiger partial charge < -0.3 is 0 Å². The second kappa shape index (κ2) is 2.35. The molecule has 0 amide bonds. The lowest BCUT2D eigenvalue weighted by Crippen LogP contribution is -2.19. The smallest absolute Gasteiger partial charge is 0.265 e. The molecule has 0 aliphatic carbocycles. The van der Waals surface area contributed by atoms with Gasteiger partial charge in [0.1, 0.15) is 0 Å². The lowest BCUT2D eigenvalue weighted by atomic mass is 13.0. The van der Waals surface area contributed by atoms with Crippen molar-refractivity contribution < 1.29 is 27.7 Å². The van der Waals surface area contributed by atoms with Crippen molar-refractivity contribution in [3.63, 3.8) is 0 Å². The van der Waals surface area contributed by atoms with Crippen LogP contribution in [0.1, 0.15) is 0 Å². The van der Waals surface area contributed by atoms with E-state index in [0.717, 1.165) is 0 Å². The predicted molar refractivity (Wildman–Crippen MR) is 18.0 cm³/mol. The van der Waals surface area contributed by atoms with Crippen LogP contribution in [0.2, 0.25) is 0 Å². The van der Waals surface area contributed by atoms with Crippen LogP contribution < -0.4 is 0 Å². The quantitative estimate of drug-likeness (QED) is 0.331. The molecule has 0 aromatic heterocycles. The monoisotopic (exact) mass is 145 g/mol. The van der Waals surface area contributed by atoms with Crippen LogP contribution in [0.3, 0.4) is 0 Å². The van der Waals surface area contributed by atoms with Crippen LogP contribution in [0, 0.1) is 0 Å². The first-order valence-electron chi connectivity index (χ1n) is 1.27. The molecule has 0 heterocycles. The van der Waals surface area contributed by atoms with Gasteiger partial charge in [-0.15, -0.1) is 4.28 Å². The third kappa shape index (κ3) is 5.75. The first-order valence-corrected chi connectivity index (χ1v) is 2.63. The van der Waals surface area contributed by atoms with Gasteiger partial charge in [0.05, 0.1) is 5.39 Å². The summed E-state index contributed by atoms with van der Waals surface area (Å²) in [5.41, 5.74) is 0. The summed E-state index contributed by atoms with van der Waals surface area (Å²) in [6.07, 6.45) is 0. The summed E-state index contributed by atoms with van der Waals surface area (Å²) in [5, 5.41) is 13.9. The zero-order chi connectivity index (χ0) is 6.78.